The number of fused-ring (bicyclic) bond motifs is 1. The lowest BCUT2D eigenvalue weighted by Gasteiger charge is -2.05. The highest BCUT2D eigenvalue weighted by Gasteiger charge is 2.18. The molecular formula is C14H9ClF2N4O. The van der Waals surface area contributed by atoms with Crippen LogP contribution in [0.25, 0.3) is 16.9 Å². The maximum atomic E-state index is 14.2. The fourth-order valence-corrected chi connectivity index (χ4v) is 2.36. The number of aromatic nitrogens is 4. The summed E-state index contributed by atoms with van der Waals surface area (Å²) in [5, 5.41) is -0.149. The van der Waals surface area contributed by atoms with Gasteiger partial charge in [-0.3, -0.25) is 4.79 Å². The molecule has 0 saturated carbocycles. The van der Waals surface area contributed by atoms with E-state index in [2.05, 4.69) is 15.0 Å². The molecular weight excluding hydrogens is 314 g/mol. The first-order chi connectivity index (χ1) is 10.4. The molecule has 0 N–H and O–H groups in total. The van der Waals surface area contributed by atoms with Crippen LogP contribution >= 0.6 is 11.6 Å². The molecule has 0 bridgehead atoms. The molecule has 0 unspecified atom stereocenters. The first-order valence-corrected chi connectivity index (χ1v) is 6.64. The Morgan fingerprint density at radius 3 is 2.68 bits per heavy atom. The van der Waals surface area contributed by atoms with Crippen LogP contribution in [0.2, 0.25) is 5.28 Å². The molecule has 0 aliphatic carbocycles. The molecule has 3 heterocycles. The molecule has 0 aliphatic rings. The Balaban J connectivity index is 2.31. The van der Waals surface area contributed by atoms with E-state index < -0.39 is 11.6 Å². The first kappa shape index (κ1) is 14.5. The van der Waals surface area contributed by atoms with Crippen molar-refractivity contribution in [2.75, 3.05) is 0 Å². The number of ketones is 1. The van der Waals surface area contributed by atoms with Crippen LogP contribution in [0, 0.1) is 18.6 Å². The van der Waals surface area contributed by atoms with Crippen LogP contribution in [0.5, 0.6) is 0 Å². The normalized spacial score (nSPS) is 11.1. The molecule has 22 heavy (non-hydrogen) atoms. The van der Waals surface area contributed by atoms with E-state index >= 15 is 0 Å². The molecule has 3 aromatic heterocycles. The fourth-order valence-electron chi connectivity index (χ4n) is 2.23. The van der Waals surface area contributed by atoms with Crippen molar-refractivity contribution in [1.82, 2.24) is 19.4 Å². The molecule has 112 valence electrons. The Bertz CT molecular complexity index is 923. The summed E-state index contributed by atoms with van der Waals surface area (Å²) in [6.07, 6.45) is 2.36. The zero-order valence-corrected chi connectivity index (χ0v) is 12.3. The van der Waals surface area contributed by atoms with Gasteiger partial charge in [0, 0.05) is 18.7 Å². The molecule has 0 aliphatic heterocycles. The molecule has 0 radical (unpaired) electrons. The molecule has 8 heteroatoms. The van der Waals surface area contributed by atoms with Gasteiger partial charge >= 0.3 is 0 Å². The third kappa shape index (κ3) is 2.23. The average molecular weight is 323 g/mol. The smallest absolute Gasteiger partial charge is 0.223 e. The van der Waals surface area contributed by atoms with Crippen molar-refractivity contribution in [3.8, 4) is 11.3 Å². The maximum Gasteiger partial charge on any atom is 0.223 e. The van der Waals surface area contributed by atoms with E-state index in [0.29, 0.717) is 5.69 Å². The summed E-state index contributed by atoms with van der Waals surface area (Å²) >= 11 is 5.66. The highest BCUT2D eigenvalue weighted by Crippen LogP contribution is 2.25. The number of imidazole rings is 1. The van der Waals surface area contributed by atoms with Crippen molar-refractivity contribution in [3.63, 3.8) is 0 Å². The number of rotatable bonds is 2. The summed E-state index contributed by atoms with van der Waals surface area (Å²) in [7, 11) is 0. The van der Waals surface area contributed by atoms with Crippen molar-refractivity contribution in [3.05, 3.63) is 46.8 Å². The molecule has 0 saturated heterocycles. The Kier molecular flexibility index (Phi) is 3.37. The monoisotopic (exact) mass is 322 g/mol. The molecule has 3 aromatic rings. The molecule has 0 fully saturated rings. The van der Waals surface area contributed by atoms with Gasteiger partial charge in [-0.05, 0) is 24.6 Å². The second-order valence-electron chi connectivity index (χ2n) is 4.71. The number of pyridine rings is 1. The van der Waals surface area contributed by atoms with Crippen LogP contribution in [-0.2, 0) is 0 Å². The van der Waals surface area contributed by atoms with Gasteiger partial charge in [-0.25, -0.2) is 23.7 Å². The summed E-state index contributed by atoms with van der Waals surface area (Å²) in [6.45, 7) is 2.97. The number of carbonyl (C=O) groups excluding carboxylic acids is 1. The molecule has 0 atom stereocenters. The third-order valence-corrected chi connectivity index (χ3v) is 3.42. The van der Waals surface area contributed by atoms with Gasteiger partial charge in [0.2, 0.25) is 5.28 Å². The van der Waals surface area contributed by atoms with E-state index in [0.717, 1.165) is 12.3 Å². The zero-order chi connectivity index (χ0) is 16.0. The van der Waals surface area contributed by atoms with Gasteiger partial charge in [0.05, 0.1) is 11.9 Å². The minimum Gasteiger partial charge on any atom is -0.300 e. The molecule has 0 spiro atoms. The largest absolute Gasteiger partial charge is 0.300 e. The summed E-state index contributed by atoms with van der Waals surface area (Å²) < 4.78 is 29.4. The van der Waals surface area contributed by atoms with Gasteiger partial charge in [-0.2, -0.15) is 0 Å². The number of Topliss-reactive ketones (excluding diaryl/α,β-unsaturated/α-hetero) is 1. The van der Waals surface area contributed by atoms with E-state index in [1.54, 1.807) is 6.92 Å². The molecule has 3 rings (SSSR count). The Morgan fingerprint density at radius 1 is 1.27 bits per heavy atom. The van der Waals surface area contributed by atoms with E-state index in [1.165, 1.54) is 17.5 Å². The summed E-state index contributed by atoms with van der Waals surface area (Å²) in [5.41, 5.74) is 0.661. The Labute approximate surface area is 128 Å². The highest BCUT2D eigenvalue weighted by molar-refractivity contribution is 6.28. The van der Waals surface area contributed by atoms with Crippen LogP contribution in [0.15, 0.2) is 18.5 Å². The first-order valence-electron chi connectivity index (χ1n) is 6.26. The Hall–Kier alpha value is -2.41. The third-order valence-electron chi connectivity index (χ3n) is 3.24. The molecule has 0 aromatic carbocycles. The average Bonchev–Trinajstić information content (AvgIpc) is 2.80. The van der Waals surface area contributed by atoms with Gasteiger partial charge in [0.15, 0.2) is 23.1 Å². The summed E-state index contributed by atoms with van der Waals surface area (Å²) in [6, 6.07) is 1.09. The highest BCUT2D eigenvalue weighted by atomic mass is 35.5. The van der Waals surface area contributed by atoms with E-state index in [9.17, 15) is 13.6 Å². The second-order valence-corrected chi connectivity index (χ2v) is 5.05. The zero-order valence-electron chi connectivity index (χ0n) is 11.6. The second kappa shape index (κ2) is 5.10. The van der Waals surface area contributed by atoms with Gasteiger partial charge in [0.25, 0.3) is 0 Å². The van der Waals surface area contributed by atoms with Crippen LogP contribution in [-0.4, -0.2) is 25.1 Å². The fraction of sp³-hybridized carbons (Fsp3) is 0.143. The lowest BCUT2D eigenvalue weighted by atomic mass is 10.2. The summed E-state index contributed by atoms with van der Waals surface area (Å²) in [5.74, 6) is -1.70. The van der Waals surface area contributed by atoms with Crippen LogP contribution in [0.1, 0.15) is 23.1 Å². The predicted molar refractivity (Wildman–Crippen MR) is 75.9 cm³/mol. The van der Waals surface area contributed by atoms with Gasteiger partial charge in [0.1, 0.15) is 11.4 Å². The lowest BCUT2D eigenvalue weighted by molar-refractivity contribution is 0.101. The van der Waals surface area contributed by atoms with Gasteiger partial charge < -0.3 is 4.40 Å². The number of nitrogens with zero attached hydrogens (tertiary/aromatic N) is 4. The quantitative estimate of drug-likeness (QED) is 0.537. The molecule has 5 nitrogen and oxygen atoms in total. The van der Waals surface area contributed by atoms with E-state index in [4.69, 9.17) is 11.6 Å². The van der Waals surface area contributed by atoms with Crippen LogP contribution in [0.3, 0.4) is 0 Å². The van der Waals surface area contributed by atoms with Crippen molar-refractivity contribution in [2.45, 2.75) is 13.8 Å². The summed E-state index contributed by atoms with van der Waals surface area (Å²) in [4.78, 5) is 22.8. The van der Waals surface area contributed by atoms with Gasteiger partial charge in [-0.15, -0.1) is 0 Å². The van der Waals surface area contributed by atoms with Gasteiger partial charge in [-0.1, -0.05) is 0 Å². The maximum absolute atomic E-state index is 14.2. The van der Waals surface area contributed by atoms with Crippen molar-refractivity contribution in [2.24, 2.45) is 0 Å². The SMILES string of the molecule is CC(=O)c1nc2c(F)cc(-c3nc(Cl)ncc3F)cn2c1C. The minimum atomic E-state index is -0.729. The number of halogens is 3. The van der Waals surface area contributed by atoms with Crippen molar-refractivity contribution in [1.29, 1.82) is 0 Å². The van der Waals surface area contributed by atoms with Crippen LogP contribution < -0.4 is 0 Å². The number of hydrogen-bond donors (Lipinski definition) is 0. The topological polar surface area (TPSA) is 60.2 Å². The number of aryl methyl sites for hydroxylation is 1. The van der Waals surface area contributed by atoms with Crippen molar-refractivity contribution >= 4 is 23.0 Å². The van der Waals surface area contributed by atoms with Crippen LogP contribution in [0.4, 0.5) is 8.78 Å². The van der Waals surface area contributed by atoms with E-state index in [1.807, 2.05) is 0 Å². The Morgan fingerprint density at radius 2 is 2.00 bits per heavy atom. The standard InChI is InChI=1S/C14H9ClF2N4O/c1-6-11(7(2)22)19-13-9(16)3-8(5-21(6)13)12-10(17)4-18-14(15)20-12/h3-5H,1-2H3. The predicted octanol–water partition coefficient (Wildman–Crippen LogP) is 3.23. The minimum absolute atomic E-state index is 0.00740. The molecule has 0 amide bonds. The number of carbonyl (C=O) groups is 1. The van der Waals surface area contributed by atoms with Crippen molar-refractivity contribution < 1.29 is 13.6 Å². The van der Waals surface area contributed by atoms with E-state index in [-0.39, 0.29) is 33.7 Å². The lowest BCUT2D eigenvalue weighted by Crippen LogP contribution is -1.98. The number of hydrogen-bond acceptors (Lipinski definition) is 4.